The van der Waals surface area contributed by atoms with Gasteiger partial charge in [0.2, 0.25) is 0 Å². The van der Waals surface area contributed by atoms with Gasteiger partial charge in [-0.2, -0.15) is 5.10 Å². The normalized spacial score (nSPS) is 11.4. The standard InChI is InChI=1S/C10H15N3.C2H6/c1-4-6-8-7-12-13(3)10(8)9(11)5-2;1-2/h4-7H,11H2,1-3H3;1-2H3/b6-4-,9-5+;. The lowest BCUT2D eigenvalue weighted by Crippen LogP contribution is -2.04. The Hall–Kier alpha value is -1.51. The third-order valence-electron chi connectivity index (χ3n) is 1.90. The van der Waals surface area contributed by atoms with Gasteiger partial charge in [-0.25, -0.2) is 0 Å². The van der Waals surface area contributed by atoms with Crippen molar-refractivity contribution in [3.05, 3.63) is 29.6 Å². The molecule has 1 heterocycles. The molecule has 1 aromatic rings. The molecule has 15 heavy (non-hydrogen) atoms. The zero-order chi connectivity index (χ0) is 11.8. The van der Waals surface area contributed by atoms with Gasteiger partial charge in [0.25, 0.3) is 0 Å². The van der Waals surface area contributed by atoms with Crippen LogP contribution in [-0.2, 0) is 7.05 Å². The van der Waals surface area contributed by atoms with Crippen LogP contribution in [-0.4, -0.2) is 9.78 Å². The number of nitrogens with zero attached hydrogens (tertiary/aromatic N) is 2. The molecule has 0 saturated carbocycles. The maximum atomic E-state index is 5.84. The van der Waals surface area contributed by atoms with Crippen LogP contribution in [0.2, 0.25) is 0 Å². The smallest absolute Gasteiger partial charge is 0.0904 e. The van der Waals surface area contributed by atoms with E-state index in [1.54, 1.807) is 4.68 Å². The van der Waals surface area contributed by atoms with Crippen molar-refractivity contribution in [3.8, 4) is 0 Å². The molecule has 0 saturated heterocycles. The first-order chi connectivity index (χ1) is 7.20. The summed E-state index contributed by atoms with van der Waals surface area (Å²) in [4.78, 5) is 0. The summed E-state index contributed by atoms with van der Waals surface area (Å²) < 4.78 is 1.78. The van der Waals surface area contributed by atoms with Crippen LogP contribution < -0.4 is 5.73 Å². The number of aryl methyl sites for hydroxylation is 1. The highest BCUT2D eigenvalue weighted by Gasteiger charge is 2.06. The van der Waals surface area contributed by atoms with E-state index < -0.39 is 0 Å². The van der Waals surface area contributed by atoms with Crippen LogP contribution in [0.15, 0.2) is 18.3 Å². The van der Waals surface area contributed by atoms with Crippen molar-refractivity contribution in [1.82, 2.24) is 9.78 Å². The number of aromatic nitrogens is 2. The predicted octanol–water partition coefficient (Wildman–Crippen LogP) is 2.80. The van der Waals surface area contributed by atoms with Gasteiger partial charge < -0.3 is 5.73 Å². The zero-order valence-electron chi connectivity index (χ0n) is 10.3. The SMILES string of the molecule is C/C=C\c1cnn(C)c1/C(N)=C\C.CC. The molecule has 0 unspecified atom stereocenters. The van der Waals surface area contributed by atoms with Gasteiger partial charge in [-0.05, 0) is 13.8 Å². The van der Waals surface area contributed by atoms with Gasteiger partial charge in [0.1, 0.15) is 0 Å². The summed E-state index contributed by atoms with van der Waals surface area (Å²) in [5.74, 6) is 0. The average molecular weight is 207 g/mol. The second kappa shape index (κ2) is 6.87. The monoisotopic (exact) mass is 207 g/mol. The maximum absolute atomic E-state index is 5.84. The second-order valence-corrected chi connectivity index (χ2v) is 2.82. The first-order valence-corrected chi connectivity index (χ1v) is 5.27. The lowest BCUT2D eigenvalue weighted by atomic mass is 10.2. The van der Waals surface area contributed by atoms with Gasteiger partial charge in [-0.15, -0.1) is 0 Å². The maximum Gasteiger partial charge on any atom is 0.0904 e. The number of hydrogen-bond acceptors (Lipinski definition) is 2. The lowest BCUT2D eigenvalue weighted by Gasteiger charge is -2.02. The summed E-state index contributed by atoms with van der Waals surface area (Å²) >= 11 is 0. The summed E-state index contributed by atoms with van der Waals surface area (Å²) in [6, 6.07) is 0. The molecule has 0 aromatic carbocycles. The Morgan fingerprint density at radius 1 is 1.40 bits per heavy atom. The van der Waals surface area contributed by atoms with Crippen LogP contribution >= 0.6 is 0 Å². The van der Waals surface area contributed by atoms with Crippen LogP contribution in [0.25, 0.3) is 11.8 Å². The van der Waals surface area contributed by atoms with Gasteiger partial charge >= 0.3 is 0 Å². The minimum Gasteiger partial charge on any atom is -0.397 e. The molecule has 3 heteroatoms. The summed E-state index contributed by atoms with van der Waals surface area (Å²) in [5, 5.41) is 4.15. The third-order valence-corrected chi connectivity index (χ3v) is 1.90. The Labute approximate surface area is 92.3 Å². The van der Waals surface area contributed by atoms with E-state index in [-0.39, 0.29) is 0 Å². The van der Waals surface area contributed by atoms with E-state index in [1.165, 1.54) is 0 Å². The highest BCUT2D eigenvalue weighted by Crippen LogP contribution is 2.15. The molecule has 2 N–H and O–H groups in total. The number of hydrogen-bond donors (Lipinski definition) is 1. The van der Waals surface area contributed by atoms with Crippen molar-refractivity contribution in [2.24, 2.45) is 12.8 Å². The average Bonchev–Trinajstić information content (AvgIpc) is 2.62. The fourth-order valence-electron chi connectivity index (χ4n) is 1.25. The molecule has 0 amide bonds. The lowest BCUT2D eigenvalue weighted by molar-refractivity contribution is 0.754. The first-order valence-electron chi connectivity index (χ1n) is 5.27. The van der Waals surface area contributed by atoms with Gasteiger partial charge in [-0.3, -0.25) is 4.68 Å². The third kappa shape index (κ3) is 3.27. The fraction of sp³-hybridized carbons (Fsp3) is 0.417. The predicted molar refractivity (Wildman–Crippen MR) is 67.1 cm³/mol. The van der Waals surface area contributed by atoms with Gasteiger partial charge in [0, 0.05) is 12.6 Å². The largest absolute Gasteiger partial charge is 0.397 e. The van der Waals surface area contributed by atoms with E-state index in [4.69, 9.17) is 5.73 Å². The molecule has 0 fully saturated rings. The van der Waals surface area contributed by atoms with Crippen LogP contribution in [0.1, 0.15) is 39.0 Å². The van der Waals surface area contributed by atoms with E-state index in [0.29, 0.717) is 0 Å². The Kier molecular flexibility index (Phi) is 6.18. The summed E-state index contributed by atoms with van der Waals surface area (Å²) in [6.45, 7) is 7.89. The highest BCUT2D eigenvalue weighted by molar-refractivity contribution is 5.69. The summed E-state index contributed by atoms with van der Waals surface area (Å²) in [6.07, 6.45) is 7.66. The van der Waals surface area contributed by atoms with Gasteiger partial charge in [0.05, 0.1) is 17.6 Å². The Morgan fingerprint density at radius 3 is 2.47 bits per heavy atom. The molecule has 0 spiro atoms. The highest BCUT2D eigenvalue weighted by atomic mass is 15.3. The molecule has 0 radical (unpaired) electrons. The topological polar surface area (TPSA) is 43.8 Å². The molecule has 84 valence electrons. The molecule has 1 rings (SSSR count). The van der Waals surface area contributed by atoms with Crippen molar-refractivity contribution in [2.75, 3.05) is 0 Å². The second-order valence-electron chi connectivity index (χ2n) is 2.82. The summed E-state index contributed by atoms with van der Waals surface area (Å²) in [5.41, 5.74) is 8.62. The van der Waals surface area contributed by atoms with Crippen molar-refractivity contribution in [3.63, 3.8) is 0 Å². The molecule has 0 bridgehead atoms. The van der Waals surface area contributed by atoms with Crippen LogP contribution in [0, 0.1) is 0 Å². The van der Waals surface area contributed by atoms with Gasteiger partial charge in [0.15, 0.2) is 0 Å². The molecular weight excluding hydrogens is 186 g/mol. The Morgan fingerprint density at radius 2 is 2.00 bits per heavy atom. The minimum atomic E-state index is 0.758. The van der Waals surface area contributed by atoms with Crippen molar-refractivity contribution in [2.45, 2.75) is 27.7 Å². The Balaban J connectivity index is 0.000000921. The summed E-state index contributed by atoms with van der Waals surface area (Å²) in [7, 11) is 1.89. The van der Waals surface area contributed by atoms with E-state index in [0.717, 1.165) is 17.0 Å². The Bertz CT molecular complexity index is 346. The molecular formula is C12H21N3. The molecule has 0 atom stereocenters. The van der Waals surface area contributed by atoms with Crippen molar-refractivity contribution in [1.29, 1.82) is 0 Å². The molecule has 0 aliphatic carbocycles. The van der Waals surface area contributed by atoms with E-state index in [9.17, 15) is 0 Å². The molecule has 1 aromatic heterocycles. The quantitative estimate of drug-likeness (QED) is 0.810. The van der Waals surface area contributed by atoms with Gasteiger partial charge in [-0.1, -0.05) is 32.1 Å². The van der Waals surface area contributed by atoms with Crippen molar-refractivity contribution < 1.29 is 0 Å². The van der Waals surface area contributed by atoms with Crippen LogP contribution in [0.4, 0.5) is 0 Å². The van der Waals surface area contributed by atoms with E-state index in [1.807, 2.05) is 59.2 Å². The molecule has 0 aliphatic rings. The fourth-order valence-corrected chi connectivity index (χ4v) is 1.25. The van der Waals surface area contributed by atoms with Crippen molar-refractivity contribution >= 4 is 11.8 Å². The van der Waals surface area contributed by atoms with E-state index in [2.05, 4.69) is 5.10 Å². The van der Waals surface area contributed by atoms with Crippen LogP contribution in [0.3, 0.4) is 0 Å². The number of rotatable bonds is 2. The number of allylic oxidation sites excluding steroid dienone is 2. The zero-order valence-corrected chi connectivity index (χ0v) is 10.3. The number of nitrogens with two attached hydrogens (primary N) is 1. The van der Waals surface area contributed by atoms with Crippen LogP contribution in [0.5, 0.6) is 0 Å². The van der Waals surface area contributed by atoms with E-state index >= 15 is 0 Å². The molecule has 0 aliphatic heterocycles. The molecule has 3 nitrogen and oxygen atoms in total. The minimum absolute atomic E-state index is 0.758. The first kappa shape index (κ1) is 13.5.